The van der Waals surface area contributed by atoms with Crippen LogP contribution in [0.2, 0.25) is 0 Å². The number of benzene rings is 1. The van der Waals surface area contributed by atoms with E-state index in [2.05, 4.69) is 34.5 Å². The molecule has 1 saturated heterocycles. The first-order valence-corrected chi connectivity index (χ1v) is 8.14. The molecule has 21 heavy (non-hydrogen) atoms. The van der Waals surface area contributed by atoms with E-state index in [-0.39, 0.29) is 6.10 Å². The van der Waals surface area contributed by atoms with Crippen molar-refractivity contribution >= 4 is 0 Å². The zero-order valence-electron chi connectivity index (χ0n) is 12.7. The highest BCUT2D eigenvalue weighted by Gasteiger charge is 2.19. The largest absolute Gasteiger partial charge is 0.379 e. The Hall–Kier alpha value is -0.940. The van der Waals surface area contributed by atoms with E-state index in [9.17, 15) is 0 Å². The van der Waals surface area contributed by atoms with E-state index in [1.165, 1.54) is 24.1 Å². The molecule has 0 unspecified atom stereocenters. The molecule has 0 aliphatic carbocycles. The molecule has 0 radical (unpaired) electrons. The maximum atomic E-state index is 5.91. The van der Waals surface area contributed by atoms with Crippen LogP contribution >= 0.6 is 0 Å². The highest BCUT2D eigenvalue weighted by atomic mass is 16.5. The van der Waals surface area contributed by atoms with Crippen LogP contribution in [-0.4, -0.2) is 57.4 Å². The number of morpholine rings is 1. The van der Waals surface area contributed by atoms with E-state index in [1.807, 2.05) is 0 Å². The number of nitrogens with zero attached hydrogens (tertiary/aromatic N) is 1. The van der Waals surface area contributed by atoms with Gasteiger partial charge in [-0.2, -0.15) is 0 Å². The standard InChI is InChI=1S/C17H26N2O2/c1-2-5-16-15(4-1)6-11-21-17(16)14-18-7-3-8-19-9-12-20-13-10-19/h1-2,4-5,17-18H,3,6-14H2/t17-/m0/s1. The quantitative estimate of drug-likeness (QED) is 0.807. The Kier molecular flexibility index (Phi) is 5.63. The molecule has 0 aromatic heterocycles. The maximum Gasteiger partial charge on any atom is 0.0952 e. The second-order valence-electron chi connectivity index (χ2n) is 5.82. The summed E-state index contributed by atoms with van der Waals surface area (Å²) in [5.41, 5.74) is 2.81. The molecule has 1 aromatic rings. The van der Waals surface area contributed by atoms with E-state index >= 15 is 0 Å². The van der Waals surface area contributed by atoms with Crippen LogP contribution in [0, 0.1) is 0 Å². The summed E-state index contributed by atoms with van der Waals surface area (Å²) in [6, 6.07) is 8.66. The van der Waals surface area contributed by atoms with Crippen molar-refractivity contribution in [3.05, 3.63) is 35.4 Å². The molecule has 1 fully saturated rings. The topological polar surface area (TPSA) is 33.7 Å². The Morgan fingerprint density at radius 3 is 2.90 bits per heavy atom. The molecule has 0 amide bonds. The molecule has 2 aliphatic rings. The van der Waals surface area contributed by atoms with Gasteiger partial charge in [0.05, 0.1) is 25.9 Å². The molecule has 1 atom stereocenters. The van der Waals surface area contributed by atoms with E-state index in [0.717, 1.165) is 52.4 Å². The van der Waals surface area contributed by atoms with Gasteiger partial charge < -0.3 is 14.8 Å². The Morgan fingerprint density at radius 1 is 1.14 bits per heavy atom. The summed E-state index contributed by atoms with van der Waals surface area (Å²) in [6.45, 7) is 7.92. The Balaban J connectivity index is 1.36. The van der Waals surface area contributed by atoms with Crippen LogP contribution in [0.4, 0.5) is 0 Å². The van der Waals surface area contributed by atoms with Crippen molar-refractivity contribution in [2.75, 3.05) is 52.5 Å². The van der Waals surface area contributed by atoms with Crippen LogP contribution < -0.4 is 5.32 Å². The van der Waals surface area contributed by atoms with Gasteiger partial charge in [-0.3, -0.25) is 4.90 Å². The van der Waals surface area contributed by atoms with Gasteiger partial charge in [0.2, 0.25) is 0 Å². The summed E-state index contributed by atoms with van der Waals surface area (Å²) in [4.78, 5) is 2.48. The number of rotatable bonds is 6. The zero-order chi connectivity index (χ0) is 14.3. The second kappa shape index (κ2) is 7.90. The van der Waals surface area contributed by atoms with Crippen LogP contribution in [0.1, 0.15) is 23.7 Å². The molecule has 3 rings (SSSR count). The fourth-order valence-electron chi connectivity index (χ4n) is 3.13. The van der Waals surface area contributed by atoms with Gasteiger partial charge in [0, 0.05) is 19.6 Å². The highest BCUT2D eigenvalue weighted by Crippen LogP contribution is 2.26. The lowest BCUT2D eigenvalue weighted by Gasteiger charge is -2.27. The van der Waals surface area contributed by atoms with Gasteiger partial charge in [-0.05, 0) is 37.1 Å². The summed E-state index contributed by atoms with van der Waals surface area (Å²) in [7, 11) is 0. The first kappa shape index (κ1) is 15.0. The monoisotopic (exact) mass is 290 g/mol. The number of hydrogen-bond donors (Lipinski definition) is 1. The molecule has 1 N–H and O–H groups in total. The van der Waals surface area contributed by atoms with Crippen LogP contribution in [0.25, 0.3) is 0 Å². The van der Waals surface area contributed by atoms with E-state index in [0.29, 0.717) is 0 Å². The van der Waals surface area contributed by atoms with Crippen molar-refractivity contribution in [2.45, 2.75) is 18.9 Å². The number of hydrogen-bond acceptors (Lipinski definition) is 4. The van der Waals surface area contributed by atoms with Gasteiger partial charge in [-0.25, -0.2) is 0 Å². The van der Waals surface area contributed by atoms with Gasteiger partial charge >= 0.3 is 0 Å². The van der Waals surface area contributed by atoms with Crippen molar-refractivity contribution in [1.29, 1.82) is 0 Å². The predicted molar refractivity (Wildman–Crippen MR) is 83.6 cm³/mol. The molecule has 0 spiro atoms. The second-order valence-corrected chi connectivity index (χ2v) is 5.82. The lowest BCUT2D eigenvalue weighted by molar-refractivity contribution is 0.0355. The summed E-state index contributed by atoms with van der Waals surface area (Å²) < 4.78 is 11.3. The summed E-state index contributed by atoms with van der Waals surface area (Å²) in [5, 5.41) is 3.55. The number of fused-ring (bicyclic) bond motifs is 1. The predicted octanol–water partition coefficient (Wildman–Crippen LogP) is 1.61. The average molecular weight is 290 g/mol. The van der Waals surface area contributed by atoms with Crippen LogP contribution in [0.3, 0.4) is 0 Å². The summed E-state index contributed by atoms with van der Waals surface area (Å²) >= 11 is 0. The lowest BCUT2D eigenvalue weighted by atomic mass is 9.97. The van der Waals surface area contributed by atoms with Crippen molar-refractivity contribution in [3.8, 4) is 0 Å². The molecule has 2 aliphatic heterocycles. The van der Waals surface area contributed by atoms with Crippen molar-refractivity contribution in [2.24, 2.45) is 0 Å². The Bertz CT molecular complexity index is 433. The van der Waals surface area contributed by atoms with E-state index in [4.69, 9.17) is 9.47 Å². The highest BCUT2D eigenvalue weighted by molar-refractivity contribution is 5.31. The van der Waals surface area contributed by atoms with Gasteiger partial charge in [0.15, 0.2) is 0 Å². The SMILES string of the molecule is c1ccc2c(c1)CCO[C@H]2CNCCCN1CCOCC1. The van der Waals surface area contributed by atoms with Gasteiger partial charge in [0.25, 0.3) is 0 Å². The first-order chi connectivity index (χ1) is 10.4. The minimum atomic E-state index is 0.221. The molecule has 2 heterocycles. The van der Waals surface area contributed by atoms with Gasteiger partial charge in [-0.1, -0.05) is 24.3 Å². The third-order valence-corrected chi connectivity index (χ3v) is 4.35. The van der Waals surface area contributed by atoms with Crippen LogP contribution in [0.15, 0.2) is 24.3 Å². The number of nitrogens with one attached hydrogen (secondary N) is 1. The van der Waals surface area contributed by atoms with Crippen LogP contribution in [-0.2, 0) is 15.9 Å². The minimum Gasteiger partial charge on any atom is -0.379 e. The third kappa shape index (κ3) is 4.27. The lowest BCUT2D eigenvalue weighted by Crippen LogP contribution is -2.38. The summed E-state index contributed by atoms with van der Waals surface area (Å²) in [6.07, 6.45) is 2.45. The van der Waals surface area contributed by atoms with Gasteiger partial charge in [0.1, 0.15) is 0 Å². The summed E-state index contributed by atoms with van der Waals surface area (Å²) in [5.74, 6) is 0. The molecular weight excluding hydrogens is 264 g/mol. The Morgan fingerprint density at radius 2 is 2.00 bits per heavy atom. The maximum absolute atomic E-state index is 5.91. The smallest absolute Gasteiger partial charge is 0.0952 e. The van der Waals surface area contributed by atoms with Crippen molar-refractivity contribution < 1.29 is 9.47 Å². The van der Waals surface area contributed by atoms with E-state index in [1.54, 1.807) is 0 Å². The third-order valence-electron chi connectivity index (χ3n) is 4.35. The Labute approximate surface area is 127 Å². The fraction of sp³-hybridized carbons (Fsp3) is 0.647. The normalized spacial score (nSPS) is 23.0. The molecule has 0 bridgehead atoms. The van der Waals surface area contributed by atoms with Crippen molar-refractivity contribution in [3.63, 3.8) is 0 Å². The zero-order valence-corrected chi connectivity index (χ0v) is 12.7. The minimum absolute atomic E-state index is 0.221. The average Bonchev–Trinajstić information content (AvgIpc) is 2.56. The fourth-order valence-corrected chi connectivity index (χ4v) is 3.13. The van der Waals surface area contributed by atoms with E-state index < -0.39 is 0 Å². The molecule has 1 aromatic carbocycles. The number of ether oxygens (including phenoxy) is 2. The molecule has 4 heteroatoms. The first-order valence-electron chi connectivity index (χ1n) is 8.14. The van der Waals surface area contributed by atoms with Gasteiger partial charge in [-0.15, -0.1) is 0 Å². The molecule has 116 valence electrons. The molecule has 4 nitrogen and oxygen atoms in total. The molecular formula is C17H26N2O2. The molecule has 0 saturated carbocycles. The van der Waals surface area contributed by atoms with Crippen molar-refractivity contribution in [1.82, 2.24) is 10.2 Å². The van der Waals surface area contributed by atoms with Crippen LogP contribution in [0.5, 0.6) is 0 Å².